The number of carbonyl (C=O) groups excluding carboxylic acids is 2. The fourth-order valence-electron chi connectivity index (χ4n) is 3.10. The van der Waals surface area contributed by atoms with Gasteiger partial charge in [-0.2, -0.15) is 0 Å². The summed E-state index contributed by atoms with van der Waals surface area (Å²) in [5.74, 6) is -0.0284. The van der Waals surface area contributed by atoms with Crippen LogP contribution in [0.25, 0.3) is 0 Å². The number of rotatable bonds is 6. The molecule has 2 aromatic rings. The van der Waals surface area contributed by atoms with E-state index in [2.05, 4.69) is 12.2 Å². The van der Waals surface area contributed by atoms with E-state index in [4.69, 9.17) is 16.3 Å². The third-order valence-electron chi connectivity index (χ3n) is 4.70. The van der Waals surface area contributed by atoms with Gasteiger partial charge in [0.05, 0.1) is 0 Å². The fourth-order valence-corrected chi connectivity index (χ4v) is 4.33. The number of hydrogen-bond donors (Lipinski definition) is 1. The number of amides is 1. The molecule has 0 bridgehead atoms. The summed E-state index contributed by atoms with van der Waals surface area (Å²) in [6, 6.07) is 9.16. The van der Waals surface area contributed by atoms with Crippen LogP contribution >= 0.6 is 22.9 Å². The van der Waals surface area contributed by atoms with E-state index in [-0.39, 0.29) is 12.5 Å². The number of carbonyl (C=O) groups is 2. The number of aryl methyl sites for hydroxylation is 1. The molecule has 0 spiro atoms. The Morgan fingerprint density at radius 2 is 2.08 bits per heavy atom. The average molecular weight is 392 g/mol. The lowest BCUT2D eigenvalue weighted by atomic mass is 9.87. The lowest BCUT2D eigenvalue weighted by Gasteiger charge is -2.19. The maximum atomic E-state index is 12.2. The number of ether oxygens (including phenoxy) is 1. The summed E-state index contributed by atoms with van der Waals surface area (Å²) >= 11 is 7.33. The highest BCUT2D eigenvalue weighted by molar-refractivity contribution is 7.14. The van der Waals surface area contributed by atoms with Gasteiger partial charge < -0.3 is 10.1 Å². The van der Waals surface area contributed by atoms with Gasteiger partial charge in [-0.1, -0.05) is 37.1 Å². The van der Waals surface area contributed by atoms with Crippen molar-refractivity contribution in [3.63, 3.8) is 0 Å². The average Bonchev–Trinajstić information content (AvgIpc) is 3.08. The number of benzene rings is 1. The van der Waals surface area contributed by atoms with Gasteiger partial charge in [0.25, 0.3) is 5.91 Å². The van der Waals surface area contributed by atoms with Crippen LogP contribution in [0.3, 0.4) is 0 Å². The first-order chi connectivity index (χ1) is 12.5. The number of nitrogens with one attached hydrogen (secondary N) is 1. The van der Waals surface area contributed by atoms with E-state index in [1.165, 1.54) is 34.6 Å². The molecule has 1 amide bonds. The van der Waals surface area contributed by atoms with Gasteiger partial charge in [-0.3, -0.25) is 4.79 Å². The molecule has 138 valence electrons. The number of fused-ring (bicyclic) bond motifs is 1. The second kappa shape index (κ2) is 8.69. The molecule has 1 aliphatic carbocycles. The van der Waals surface area contributed by atoms with Crippen LogP contribution in [0.2, 0.25) is 5.02 Å². The van der Waals surface area contributed by atoms with Crippen molar-refractivity contribution in [1.29, 1.82) is 0 Å². The van der Waals surface area contributed by atoms with Crippen LogP contribution in [0.1, 0.15) is 45.4 Å². The summed E-state index contributed by atoms with van der Waals surface area (Å²) in [4.78, 5) is 26.0. The Kier molecular flexibility index (Phi) is 6.33. The first kappa shape index (κ1) is 18.9. The van der Waals surface area contributed by atoms with Gasteiger partial charge in [0.15, 0.2) is 6.61 Å². The van der Waals surface area contributed by atoms with E-state index in [1.807, 2.05) is 18.2 Å². The van der Waals surface area contributed by atoms with Crippen LogP contribution in [-0.2, 0) is 28.9 Å². The standard InChI is InChI=1S/C20H22ClNO3S/c1-2-13-5-8-17-15(9-13)10-18(26-17)20(24)25-12-19(23)22-11-14-3-6-16(21)7-4-14/h3-4,6-7,10,13H,2,5,8-9,11-12H2,1H3,(H,22,23)/t13-/m1/s1. The molecule has 0 aliphatic heterocycles. The molecule has 1 aromatic heterocycles. The van der Waals surface area contributed by atoms with Crippen molar-refractivity contribution >= 4 is 34.8 Å². The van der Waals surface area contributed by atoms with E-state index in [0.717, 1.165) is 18.4 Å². The van der Waals surface area contributed by atoms with Crippen LogP contribution in [-0.4, -0.2) is 18.5 Å². The van der Waals surface area contributed by atoms with Gasteiger partial charge >= 0.3 is 5.97 Å². The minimum atomic E-state index is -0.418. The van der Waals surface area contributed by atoms with Crippen molar-refractivity contribution in [3.8, 4) is 0 Å². The molecule has 0 saturated heterocycles. The van der Waals surface area contributed by atoms with Gasteiger partial charge in [0, 0.05) is 16.4 Å². The molecule has 1 heterocycles. The molecule has 3 rings (SSSR count). The smallest absolute Gasteiger partial charge is 0.348 e. The SMILES string of the molecule is CC[C@@H]1CCc2sc(C(=O)OCC(=O)NCc3ccc(Cl)cc3)cc2C1. The van der Waals surface area contributed by atoms with Crippen LogP contribution in [0.4, 0.5) is 0 Å². The Balaban J connectivity index is 1.47. The van der Waals surface area contributed by atoms with Crippen molar-refractivity contribution in [1.82, 2.24) is 5.32 Å². The quantitative estimate of drug-likeness (QED) is 0.743. The molecule has 0 radical (unpaired) electrons. The van der Waals surface area contributed by atoms with Crippen LogP contribution in [0.15, 0.2) is 30.3 Å². The van der Waals surface area contributed by atoms with Gasteiger partial charge in [0.1, 0.15) is 4.88 Å². The Morgan fingerprint density at radius 3 is 2.81 bits per heavy atom. The topological polar surface area (TPSA) is 55.4 Å². The molecule has 1 aliphatic rings. The lowest BCUT2D eigenvalue weighted by Crippen LogP contribution is -2.28. The van der Waals surface area contributed by atoms with Gasteiger partial charge in [-0.15, -0.1) is 11.3 Å². The number of thiophene rings is 1. The highest BCUT2D eigenvalue weighted by Crippen LogP contribution is 2.33. The molecule has 1 N–H and O–H groups in total. The molecule has 1 aromatic carbocycles. The number of esters is 1. The maximum absolute atomic E-state index is 12.2. The first-order valence-electron chi connectivity index (χ1n) is 8.85. The van der Waals surface area contributed by atoms with Crippen molar-refractivity contribution in [2.45, 2.75) is 39.2 Å². The van der Waals surface area contributed by atoms with E-state index in [9.17, 15) is 9.59 Å². The Hall–Kier alpha value is -1.85. The van der Waals surface area contributed by atoms with E-state index >= 15 is 0 Å². The molecular weight excluding hydrogens is 370 g/mol. The van der Waals surface area contributed by atoms with Gasteiger partial charge in [-0.05, 0) is 54.5 Å². The molecule has 26 heavy (non-hydrogen) atoms. The summed E-state index contributed by atoms with van der Waals surface area (Å²) in [5.41, 5.74) is 2.21. The third-order valence-corrected chi connectivity index (χ3v) is 6.17. The second-order valence-corrected chi connectivity index (χ2v) is 8.13. The summed E-state index contributed by atoms with van der Waals surface area (Å²) in [6.07, 6.45) is 4.43. The molecule has 0 fully saturated rings. The fraction of sp³-hybridized carbons (Fsp3) is 0.400. The zero-order valence-electron chi connectivity index (χ0n) is 14.7. The predicted molar refractivity (Wildman–Crippen MR) is 104 cm³/mol. The van der Waals surface area contributed by atoms with Crippen LogP contribution in [0.5, 0.6) is 0 Å². The maximum Gasteiger partial charge on any atom is 0.348 e. The van der Waals surface area contributed by atoms with Crippen LogP contribution < -0.4 is 5.32 Å². The largest absolute Gasteiger partial charge is 0.451 e. The van der Waals surface area contributed by atoms with Crippen molar-refractivity contribution in [3.05, 3.63) is 56.2 Å². The van der Waals surface area contributed by atoms with Crippen LogP contribution in [0, 0.1) is 5.92 Å². The van der Waals surface area contributed by atoms with Crippen molar-refractivity contribution < 1.29 is 14.3 Å². The summed E-state index contributed by atoms with van der Waals surface area (Å²) in [6.45, 7) is 2.31. The third kappa shape index (κ3) is 4.86. The predicted octanol–water partition coefficient (Wildman–Crippen LogP) is 4.39. The van der Waals surface area contributed by atoms with Gasteiger partial charge in [-0.25, -0.2) is 4.79 Å². The Morgan fingerprint density at radius 1 is 1.31 bits per heavy atom. The minimum Gasteiger partial charge on any atom is -0.451 e. The molecule has 4 nitrogen and oxygen atoms in total. The lowest BCUT2D eigenvalue weighted by molar-refractivity contribution is -0.124. The number of hydrogen-bond acceptors (Lipinski definition) is 4. The summed E-state index contributed by atoms with van der Waals surface area (Å²) in [5, 5.41) is 3.38. The van der Waals surface area contributed by atoms with Crippen molar-refractivity contribution in [2.75, 3.05) is 6.61 Å². The van der Waals surface area contributed by atoms with Crippen molar-refractivity contribution in [2.24, 2.45) is 5.92 Å². The first-order valence-corrected chi connectivity index (χ1v) is 10.0. The molecular formula is C20H22ClNO3S. The monoisotopic (exact) mass is 391 g/mol. The van der Waals surface area contributed by atoms with Gasteiger partial charge in [0.2, 0.25) is 0 Å². The normalized spacial score (nSPS) is 16.0. The second-order valence-electron chi connectivity index (χ2n) is 6.56. The highest BCUT2D eigenvalue weighted by Gasteiger charge is 2.22. The van der Waals surface area contributed by atoms with E-state index in [0.29, 0.717) is 22.4 Å². The molecule has 0 unspecified atom stereocenters. The Bertz CT molecular complexity index is 785. The molecule has 6 heteroatoms. The zero-order valence-corrected chi connectivity index (χ0v) is 16.3. The van der Waals surface area contributed by atoms with E-state index < -0.39 is 5.97 Å². The van der Waals surface area contributed by atoms with E-state index in [1.54, 1.807) is 12.1 Å². The Labute approximate surface area is 162 Å². The molecule has 1 atom stereocenters. The highest BCUT2D eigenvalue weighted by atomic mass is 35.5. The molecule has 0 saturated carbocycles. The zero-order chi connectivity index (χ0) is 18.5. The minimum absolute atomic E-state index is 0.271. The summed E-state index contributed by atoms with van der Waals surface area (Å²) in [7, 11) is 0. The summed E-state index contributed by atoms with van der Waals surface area (Å²) < 4.78 is 5.17. The number of halogens is 1.